The number of fused-ring (bicyclic) bond motifs is 1. The number of para-hydroxylation sites is 1. The van der Waals surface area contributed by atoms with Crippen LogP contribution in [0.4, 0.5) is 5.95 Å². The van der Waals surface area contributed by atoms with E-state index in [1.54, 1.807) is 12.4 Å². The molecule has 5 heteroatoms. The van der Waals surface area contributed by atoms with Gasteiger partial charge >= 0.3 is 0 Å². The number of aryl methyl sites for hydroxylation is 2. The zero-order valence-corrected chi connectivity index (χ0v) is 12.0. The number of hydrogen-bond acceptors (Lipinski definition) is 4. The zero-order valence-electron chi connectivity index (χ0n) is 12.0. The third kappa shape index (κ3) is 2.67. The topological polar surface area (TPSA) is 66.0 Å². The van der Waals surface area contributed by atoms with Crippen molar-refractivity contribution in [3.8, 4) is 5.75 Å². The first-order chi connectivity index (χ1) is 10.3. The number of anilines is 1. The van der Waals surface area contributed by atoms with Crippen molar-refractivity contribution in [3.05, 3.63) is 48.3 Å². The number of imidazole rings is 1. The van der Waals surface area contributed by atoms with Crippen molar-refractivity contribution in [2.45, 2.75) is 19.9 Å². The summed E-state index contributed by atoms with van der Waals surface area (Å²) in [6, 6.07) is 9.94. The first-order valence-electron chi connectivity index (χ1n) is 7.06. The maximum absolute atomic E-state index is 6.07. The summed E-state index contributed by atoms with van der Waals surface area (Å²) in [4.78, 5) is 8.48. The summed E-state index contributed by atoms with van der Waals surface area (Å²) < 4.78 is 7.64. The van der Waals surface area contributed by atoms with Crippen molar-refractivity contribution in [1.82, 2.24) is 14.5 Å². The number of rotatable bonds is 5. The van der Waals surface area contributed by atoms with Gasteiger partial charge in [0.05, 0.1) is 12.1 Å². The van der Waals surface area contributed by atoms with E-state index >= 15 is 0 Å². The highest BCUT2D eigenvalue weighted by Crippen LogP contribution is 2.27. The Bertz CT molecular complexity index is 737. The number of hydrogen-bond donors (Lipinski definition) is 1. The van der Waals surface area contributed by atoms with Crippen LogP contribution >= 0.6 is 0 Å². The normalized spacial score (nSPS) is 10.9. The molecule has 0 radical (unpaired) electrons. The molecule has 2 aromatic heterocycles. The Kier molecular flexibility index (Phi) is 3.73. The van der Waals surface area contributed by atoms with Gasteiger partial charge in [-0.2, -0.15) is 0 Å². The molecule has 0 aliphatic heterocycles. The van der Waals surface area contributed by atoms with Crippen LogP contribution in [0.5, 0.6) is 5.75 Å². The standard InChI is InChI=1S/C16H18N4O/c1-2-21-14-5-3-4-13-15(14)19-16(17)20(13)11-8-12-6-9-18-10-7-12/h3-7,9-10H,2,8,11H2,1H3,(H2,17,19). The highest BCUT2D eigenvalue weighted by Gasteiger charge is 2.12. The van der Waals surface area contributed by atoms with Crippen molar-refractivity contribution in [3.63, 3.8) is 0 Å². The number of ether oxygens (including phenoxy) is 1. The molecule has 0 fully saturated rings. The second-order valence-electron chi connectivity index (χ2n) is 4.78. The van der Waals surface area contributed by atoms with Gasteiger partial charge in [-0.3, -0.25) is 4.98 Å². The van der Waals surface area contributed by atoms with Crippen LogP contribution in [0.1, 0.15) is 12.5 Å². The molecule has 0 saturated carbocycles. The number of aromatic nitrogens is 3. The average molecular weight is 282 g/mol. The second-order valence-corrected chi connectivity index (χ2v) is 4.78. The molecule has 108 valence electrons. The van der Waals surface area contributed by atoms with Crippen LogP contribution < -0.4 is 10.5 Å². The summed E-state index contributed by atoms with van der Waals surface area (Å²) in [5, 5.41) is 0. The zero-order chi connectivity index (χ0) is 14.7. The third-order valence-electron chi connectivity index (χ3n) is 3.44. The summed E-state index contributed by atoms with van der Waals surface area (Å²) in [5.41, 5.74) is 9.13. The van der Waals surface area contributed by atoms with E-state index in [-0.39, 0.29) is 0 Å². The third-order valence-corrected chi connectivity index (χ3v) is 3.44. The van der Waals surface area contributed by atoms with Crippen LogP contribution in [0.3, 0.4) is 0 Å². The van der Waals surface area contributed by atoms with Crippen molar-refractivity contribution in [2.24, 2.45) is 0 Å². The maximum atomic E-state index is 6.07. The Labute approximate surface area is 123 Å². The van der Waals surface area contributed by atoms with Crippen molar-refractivity contribution in [1.29, 1.82) is 0 Å². The first kappa shape index (κ1) is 13.4. The molecule has 3 aromatic rings. The number of nitrogens with zero attached hydrogens (tertiary/aromatic N) is 3. The minimum absolute atomic E-state index is 0.520. The molecule has 1 aromatic carbocycles. The molecule has 0 bridgehead atoms. The molecule has 2 N–H and O–H groups in total. The molecule has 0 spiro atoms. The van der Waals surface area contributed by atoms with Gasteiger partial charge < -0.3 is 15.0 Å². The van der Waals surface area contributed by atoms with Crippen LogP contribution in [-0.4, -0.2) is 21.1 Å². The van der Waals surface area contributed by atoms with E-state index in [4.69, 9.17) is 10.5 Å². The minimum atomic E-state index is 0.520. The highest BCUT2D eigenvalue weighted by molar-refractivity contribution is 5.84. The summed E-state index contributed by atoms with van der Waals surface area (Å²) in [7, 11) is 0. The SMILES string of the molecule is CCOc1cccc2c1nc(N)n2CCc1ccncc1. The van der Waals surface area contributed by atoms with E-state index in [0.717, 1.165) is 29.7 Å². The van der Waals surface area contributed by atoms with E-state index < -0.39 is 0 Å². The fraction of sp³-hybridized carbons (Fsp3) is 0.250. The van der Waals surface area contributed by atoms with Gasteiger partial charge in [-0.25, -0.2) is 4.98 Å². The lowest BCUT2D eigenvalue weighted by Gasteiger charge is -2.07. The van der Waals surface area contributed by atoms with E-state index in [9.17, 15) is 0 Å². The summed E-state index contributed by atoms with van der Waals surface area (Å²) >= 11 is 0. The van der Waals surface area contributed by atoms with Gasteiger partial charge in [-0.05, 0) is 43.2 Å². The number of pyridine rings is 1. The quantitative estimate of drug-likeness (QED) is 0.781. The van der Waals surface area contributed by atoms with Crippen molar-refractivity contribution in [2.75, 3.05) is 12.3 Å². The summed E-state index contributed by atoms with van der Waals surface area (Å²) in [6.07, 6.45) is 4.49. The summed E-state index contributed by atoms with van der Waals surface area (Å²) in [5.74, 6) is 1.30. The van der Waals surface area contributed by atoms with E-state index in [2.05, 4.69) is 9.97 Å². The van der Waals surface area contributed by atoms with Crippen molar-refractivity contribution < 1.29 is 4.74 Å². The van der Waals surface area contributed by atoms with Gasteiger partial charge in [0.1, 0.15) is 11.3 Å². The van der Waals surface area contributed by atoms with E-state index in [1.807, 2.05) is 41.8 Å². The maximum Gasteiger partial charge on any atom is 0.201 e. The van der Waals surface area contributed by atoms with Crippen LogP contribution in [0.2, 0.25) is 0 Å². The molecule has 21 heavy (non-hydrogen) atoms. The molecule has 0 unspecified atom stereocenters. The Morgan fingerprint density at radius 2 is 2.00 bits per heavy atom. The van der Waals surface area contributed by atoms with Crippen LogP contribution in [-0.2, 0) is 13.0 Å². The number of nitrogens with two attached hydrogens (primary N) is 1. The Morgan fingerprint density at radius 1 is 1.19 bits per heavy atom. The predicted molar refractivity (Wildman–Crippen MR) is 83.3 cm³/mol. The molecule has 0 saturated heterocycles. The monoisotopic (exact) mass is 282 g/mol. The Morgan fingerprint density at radius 3 is 2.76 bits per heavy atom. The van der Waals surface area contributed by atoms with Gasteiger partial charge in [0.2, 0.25) is 5.95 Å². The molecule has 5 nitrogen and oxygen atoms in total. The largest absolute Gasteiger partial charge is 0.492 e. The van der Waals surface area contributed by atoms with Gasteiger partial charge in [0.25, 0.3) is 0 Å². The lowest BCUT2D eigenvalue weighted by atomic mass is 10.2. The molecular weight excluding hydrogens is 264 g/mol. The Hall–Kier alpha value is -2.56. The average Bonchev–Trinajstić information content (AvgIpc) is 2.83. The molecule has 0 aliphatic rings. The van der Waals surface area contributed by atoms with E-state index in [1.165, 1.54) is 5.56 Å². The first-order valence-corrected chi connectivity index (χ1v) is 7.06. The number of benzene rings is 1. The van der Waals surface area contributed by atoms with Gasteiger partial charge in [0.15, 0.2) is 0 Å². The lowest BCUT2D eigenvalue weighted by Crippen LogP contribution is -2.05. The molecular formula is C16H18N4O. The Balaban J connectivity index is 1.91. The van der Waals surface area contributed by atoms with Crippen LogP contribution in [0.25, 0.3) is 11.0 Å². The van der Waals surface area contributed by atoms with Crippen molar-refractivity contribution >= 4 is 17.0 Å². The van der Waals surface area contributed by atoms with Gasteiger partial charge in [-0.1, -0.05) is 6.07 Å². The molecule has 0 aliphatic carbocycles. The lowest BCUT2D eigenvalue weighted by molar-refractivity contribution is 0.343. The smallest absolute Gasteiger partial charge is 0.201 e. The molecule has 0 atom stereocenters. The van der Waals surface area contributed by atoms with Gasteiger partial charge in [-0.15, -0.1) is 0 Å². The predicted octanol–water partition coefficient (Wildman–Crippen LogP) is 2.65. The number of nitrogen functional groups attached to an aromatic ring is 1. The molecule has 0 amide bonds. The van der Waals surface area contributed by atoms with Crippen LogP contribution in [0.15, 0.2) is 42.7 Å². The minimum Gasteiger partial charge on any atom is -0.492 e. The van der Waals surface area contributed by atoms with Crippen LogP contribution in [0, 0.1) is 0 Å². The fourth-order valence-electron chi connectivity index (χ4n) is 2.44. The fourth-order valence-corrected chi connectivity index (χ4v) is 2.44. The van der Waals surface area contributed by atoms with Gasteiger partial charge in [0, 0.05) is 18.9 Å². The molecule has 3 rings (SSSR count). The summed E-state index contributed by atoms with van der Waals surface area (Å²) in [6.45, 7) is 3.35. The molecule has 2 heterocycles. The second kappa shape index (κ2) is 5.83. The highest BCUT2D eigenvalue weighted by atomic mass is 16.5. The van der Waals surface area contributed by atoms with E-state index in [0.29, 0.717) is 12.6 Å².